The van der Waals surface area contributed by atoms with Gasteiger partial charge < -0.3 is 0 Å². The minimum Gasteiger partial charge on any atom is -0.296 e. The van der Waals surface area contributed by atoms with Gasteiger partial charge in [0.25, 0.3) is 0 Å². The van der Waals surface area contributed by atoms with E-state index in [9.17, 15) is 0 Å². The van der Waals surface area contributed by atoms with Gasteiger partial charge in [0.15, 0.2) is 0 Å². The van der Waals surface area contributed by atoms with E-state index in [0.717, 1.165) is 0 Å². The summed E-state index contributed by atoms with van der Waals surface area (Å²) in [6.07, 6.45) is 1.92. The summed E-state index contributed by atoms with van der Waals surface area (Å²) >= 11 is 0. The number of aryl methyl sites for hydroxylation is 3. The maximum Gasteiger partial charge on any atom is 0.0286 e. The summed E-state index contributed by atoms with van der Waals surface area (Å²) < 4.78 is 0. The van der Waals surface area contributed by atoms with Gasteiger partial charge in [-0.05, 0) is 37.5 Å². The molecule has 0 fully saturated rings. The minimum atomic E-state index is 1.25. The van der Waals surface area contributed by atoms with Crippen LogP contribution in [-0.4, -0.2) is 13.3 Å². The Hall–Kier alpha value is -1.11. The Morgan fingerprint density at radius 2 is 1.58 bits per heavy atom. The highest BCUT2D eigenvalue weighted by atomic mass is 14.6. The number of hydrogen-bond donors (Lipinski definition) is 0. The zero-order chi connectivity index (χ0) is 9.14. The van der Waals surface area contributed by atoms with Crippen molar-refractivity contribution in [3.05, 3.63) is 34.4 Å². The second kappa shape index (κ2) is 3.53. The molecule has 0 aliphatic carbocycles. The van der Waals surface area contributed by atoms with Gasteiger partial charge in [0.2, 0.25) is 0 Å². The Bertz CT molecular complexity index is 288. The van der Waals surface area contributed by atoms with Crippen LogP contribution in [0.5, 0.6) is 0 Å². The van der Waals surface area contributed by atoms with E-state index >= 15 is 0 Å². The molecule has 0 heterocycles. The van der Waals surface area contributed by atoms with E-state index in [1.165, 1.54) is 22.3 Å². The fourth-order valence-electron chi connectivity index (χ4n) is 1.52. The molecule has 1 aromatic rings. The molecule has 0 saturated heterocycles. The quantitative estimate of drug-likeness (QED) is 0.561. The second-order valence-corrected chi connectivity index (χ2v) is 3.20. The Labute approximate surface area is 74.2 Å². The molecular weight excluding hydrogens is 146 g/mol. The average molecular weight is 161 g/mol. The SMILES string of the molecule is C/N=C/c1c(C)cc(C)cc1C. The molecular formula is C11H15N. The second-order valence-electron chi connectivity index (χ2n) is 3.20. The van der Waals surface area contributed by atoms with E-state index in [1.807, 2.05) is 6.21 Å². The van der Waals surface area contributed by atoms with Gasteiger partial charge in [0, 0.05) is 13.3 Å². The normalized spacial score (nSPS) is 11.0. The lowest BCUT2D eigenvalue weighted by Gasteiger charge is -2.05. The Morgan fingerprint density at radius 3 is 2.00 bits per heavy atom. The van der Waals surface area contributed by atoms with Gasteiger partial charge in [0.05, 0.1) is 0 Å². The van der Waals surface area contributed by atoms with Crippen LogP contribution in [0, 0.1) is 20.8 Å². The van der Waals surface area contributed by atoms with Crippen LogP contribution < -0.4 is 0 Å². The van der Waals surface area contributed by atoms with E-state index in [4.69, 9.17) is 0 Å². The van der Waals surface area contributed by atoms with Crippen molar-refractivity contribution in [2.24, 2.45) is 4.99 Å². The molecule has 1 nitrogen and oxygen atoms in total. The van der Waals surface area contributed by atoms with Crippen molar-refractivity contribution in [2.75, 3.05) is 7.05 Å². The van der Waals surface area contributed by atoms with E-state index in [1.54, 1.807) is 7.05 Å². The van der Waals surface area contributed by atoms with E-state index in [-0.39, 0.29) is 0 Å². The molecule has 0 amide bonds. The highest BCUT2D eigenvalue weighted by Gasteiger charge is 1.99. The van der Waals surface area contributed by atoms with Gasteiger partial charge in [-0.3, -0.25) is 4.99 Å². The van der Waals surface area contributed by atoms with Gasteiger partial charge in [0.1, 0.15) is 0 Å². The molecule has 0 aliphatic heterocycles. The van der Waals surface area contributed by atoms with Crippen molar-refractivity contribution in [3.8, 4) is 0 Å². The largest absolute Gasteiger partial charge is 0.296 e. The number of nitrogens with zero attached hydrogens (tertiary/aromatic N) is 1. The molecule has 0 bridgehead atoms. The maximum absolute atomic E-state index is 4.03. The van der Waals surface area contributed by atoms with E-state index in [0.29, 0.717) is 0 Å². The average Bonchev–Trinajstić information content (AvgIpc) is 1.96. The van der Waals surface area contributed by atoms with Crippen LogP contribution in [0.1, 0.15) is 22.3 Å². The summed E-state index contributed by atoms with van der Waals surface area (Å²) in [6, 6.07) is 4.37. The molecule has 12 heavy (non-hydrogen) atoms. The summed E-state index contributed by atoms with van der Waals surface area (Å²) in [5.41, 5.74) is 5.18. The Balaban J connectivity index is 3.28. The first-order valence-electron chi connectivity index (χ1n) is 4.15. The fourth-order valence-corrected chi connectivity index (χ4v) is 1.52. The Morgan fingerprint density at radius 1 is 1.08 bits per heavy atom. The summed E-state index contributed by atoms with van der Waals surface area (Å²) in [6.45, 7) is 6.36. The number of hydrogen-bond acceptors (Lipinski definition) is 1. The van der Waals surface area contributed by atoms with Gasteiger partial charge in [-0.1, -0.05) is 17.7 Å². The van der Waals surface area contributed by atoms with E-state index in [2.05, 4.69) is 37.9 Å². The first-order valence-corrected chi connectivity index (χ1v) is 4.15. The van der Waals surface area contributed by atoms with Gasteiger partial charge in [-0.25, -0.2) is 0 Å². The third-order valence-corrected chi connectivity index (χ3v) is 2.00. The molecule has 1 rings (SSSR count). The van der Waals surface area contributed by atoms with Crippen LogP contribution in [0.4, 0.5) is 0 Å². The molecule has 0 N–H and O–H groups in total. The molecule has 0 aromatic heterocycles. The highest BCUT2D eigenvalue weighted by molar-refractivity contribution is 5.83. The van der Waals surface area contributed by atoms with Gasteiger partial charge in [-0.2, -0.15) is 0 Å². The van der Waals surface area contributed by atoms with Crippen LogP contribution in [0.2, 0.25) is 0 Å². The summed E-state index contributed by atoms with van der Waals surface area (Å²) in [5, 5.41) is 0. The molecule has 0 aliphatic rings. The van der Waals surface area contributed by atoms with Crippen molar-refractivity contribution in [1.82, 2.24) is 0 Å². The molecule has 1 aromatic carbocycles. The zero-order valence-electron chi connectivity index (χ0n) is 8.18. The Kier molecular flexibility index (Phi) is 2.64. The monoisotopic (exact) mass is 161 g/mol. The maximum atomic E-state index is 4.03. The number of aliphatic imine (C=N–C) groups is 1. The predicted octanol–water partition coefficient (Wildman–Crippen LogP) is 2.66. The summed E-state index contributed by atoms with van der Waals surface area (Å²) in [5.74, 6) is 0. The molecule has 0 saturated carbocycles. The van der Waals surface area contributed by atoms with Crippen LogP contribution in [0.25, 0.3) is 0 Å². The summed E-state index contributed by atoms with van der Waals surface area (Å²) in [4.78, 5) is 4.03. The lowest BCUT2D eigenvalue weighted by molar-refractivity contribution is 1.30. The predicted molar refractivity (Wildman–Crippen MR) is 54.2 cm³/mol. The standard InChI is InChI=1S/C11H15N/c1-8-5-9(2)11(7-12-4)10(3)6-8/h5-7H,1-4H3/b12-7+. The lowest BCUT2D eigenvalue weighted by Crippen LogP contribution is -1.92. The first-order chi connectivity index (χ1) is 5.65. The van der Waals surface area contributed by atoms with Crippen LogP contribution in [0.3, 0.4) is 0 Å². The third-order valence-electron chi connectivity index (χ3n) is 2.00. The van der Waals surface area contributed by atoms with Crippen LogP contribution in [-0.2, 0) is 0 Å². The van der Waals surface area contributed by atoms with Crippen molar-refractivity contribution in [3.63, 3.8) is 0 Å². The molecule has 0 atom stereocenters. The molecule has 64 valence electrons. The van der Waals surface area contributed by atoms with Crippen molar-refractivity contribution in [2.45, 2.75) is 20.8 Å². The molecule has 1 heteroatoms. The number of benzene rings is 1. The first kappa shape index (κ1) is 8.98. The fraction of sp³-hybridized carbons (Fsp3) is 0.364. The minimum absolute atomic E-state index is 1.25. The zero-order valence-corrected chi connectivity index (χ0v) is 8.18. The summed E-state index contributed by atoms with van der Waals surface area (Å²) in [7, 11) is 1.80. The van der Waals surface area contributed by atoms with Crippen molar-refractivity contribution < 1.29 is 0 Å². The topological polar surface area (TPSA) is 12.4 Å². The van der Waals surface area contributed by atoms with Gasteiger partial charge >= 0.3 is 0 Å². The molecule has 0 unspecified atom stereocenters. The van der Waals surface area contributed by atoms with Crippen molar-refractivity contribution >= 4 is 6.21 Å². The van der Waals surface area contributed by atoms with Crippen LogP contribution in [0.15, 0.2) is 17.1 Å². The smallest absolute Gasteiger partial charge is 0.0286 e. The molecule has 0 radical (unpaired) electrons. The van der Waals surface area contributed by atoms with Gasteiger partial charge in [-0.15, -0.1) is 0 Å². The molecule has 0 spiro atoms. The number of rotatable bonds is 1. The lowest BCUT2D eigenvalue weighted by atomic mass is 10.0. The third kappa shape index (κ3) is 1.73. The highest BCUT2D eigenvalue weighted by Crippen LogP contribution is 2.13. The van der Waals surface area contributed by atoms with E-state index < -0.39 is 0 Å². The van der Waals surface area contributed by atoms with Crippen molar-refractivity contribution in [1.29, 1.82) is 0 Å². The van der Waals surface area contributed by atoms with Crippen LogP contribution >= 0.6 is 0 Å².